The van der Waals surface area contributed by atoms with Crippen molar-refractivity contribution in [2.75, 3.05) is 7.05 Å². The van der Waals surface area contributed by atoms with Crippen molar-refractivity contribution in [1.82, 2.24) is 15.3 Å². The summed E-state index contributed by atoms with van der Waals surface area (Å²) < 4.78 is 0. The number of rotatable bonds is 3. The zero-order valence-corrected chi connectivity index (χ0v) is 14.1. The number of nitrogens with one attached hydrogen (secondary N) is 1. The Bertz CT molecular complexity index is 612. The molecule has 0 aliphatic heterocycles. The number of aromatic nitrogens is 2. The highest BCUT2D eigenvalue weighted by Crippen LogP contribution is 2.43. The zero-order valence-electron chi connectivity index (χ0n) is 12.5. The Labute approximate surface area is 128 Å². The molecule has 5 heteroatoms. The minimum Gasteiger partial charge on any atom is -0.312 e. The van der Waals surface area contributed by atoms with Crippen LogP contribution in [0.25, 0.3) is 0 Å². The molecule has 2 aromatic heterocycles. The number of fused-ring (bicyclic) bond motifs is 1. The Balaban J connectivity index is 1.88. The van der Waals surface area contributed by atoms with Gasteiger partial charge in [-0.25, -0.2) is 9.97 Å². The summed E-state index contributed by atoms with van der Waals surface area (Å²) in [6, 6.07) is 0.457. The van der Waals surface area contributed by atoms with Crippen molar-refractivity contribution in [2.24, 2.45) is 5.41 Å². The molecule has 108 valence electrons. The van der Waals surface area contributed by atoms with Crippen molar-refractivity contribution >= 4 is 22.7 Å². The van der Waals surface area contributed by atoms with Crippen molar-refractivity contribution in [2.45, 2.75) is 46.1 Å². The van der Waals surface area contributed by atoms with E-state index in [9.17, 15) is 0 Å². The van der Waals surface area contributed by atoms with Crippen molar-refractivity contribution in [3.63, 3.8) is 0 Å². The standard InChI is InChI=1S/C15H21N3S2/c1-9-8-19-12(17-9)5-13-18-11-7-15(2,3)6-10(16-4)14(11)20-13/h8,10,16H,5-7H2,1-4H3. The molecule has 3 rings (SSSR count). The van der Waals surface area contributed by atoms with E-state index in [1.807, 2.05) is 18.3 Å². The smallest absolute Gasteiger partial charge is 0.0999 e. The van der Waals surface area contributed by atoms with Crippen LogP contribution in [0.1, 0.15) is 52.6 Å². The summed E-state index contributed by atoms with van der Waals surface area (Å²) >= 11 is 3.60. The predicted molar refractivity (Wildman–Crippen MR) is 85.7 cm³/mol. The summed E-state index contributed by atoms with van der Waals surface area (Å²) in [5.41, 5.74) is 2.75. The summed E-state index contributed by atoms with van der Waals surface area (Å²) in [6.07, 6.45) is 3.16. The lowest BCUT2D eigenvalue weighted by Gasteiger charge is -2.34. The van der Waals surface area contributed by atoms with Crippen molar-refractivity contribution in [3.8, 4) is 0 Å². The van der Waals surface area contributed by atoms with Gasteiger partial charge in [-0.3, -0.25) is 0 Å². The monoisotopic (exact) mass is 307 g/mol. The normalized spacial score (nSPS) is 20.9. The largest absolute Gasteiger partial charge is 0.312 e. The van der Waals surface area contributed by atoms with E-state index >= 15 is 0 Å². The van der Waals surface area contributed by atoms with Crippen LogP contribution in [0.15, 0.2) is 5.38 Å². The van der Waals surface area contributed by atoms with Crippen LogP contribution in [-0.2, 0) is 12.8 Å². The summed E-state index contributed by atoms with van der Waals surface area (Å²) in [5, 5.41) is 7.95. The van der Waals surface area contributed by atoms with E-state index < -0.39 is 0 Å². The van der Waals surface area contributed by atoms with Gasteiger partial charge in [-0.1, -0.05) is 13.8 Å². The van der Waals surface area contributed by atoms with Crippen molar-refractivity contribution in [3.05, 3.63) is 31.7 Å². The highest BCUT2D eigenvalue weighted by atomic mass is 32.1. The first kappa shape index (κ1) is 14.2. The molecule has 0 fully saturated rings. The number of hydrogen-bond donors (Lipinski definition) is 1. The number of nitrogens with zero attached hydrogens (tertiary/aromatic N) is 2. The van der Waals surface area contributed by atoms with E-state index in [0.29, 0.717) is 11.5 Å². The Morgan fingerprint density at radius 3 is 2.80 bits per heavy atom. The van der Waals surface area contributed by atoms with Gasteiger partial charge in [0.05, 0.1) is 22.1 Å². The lowest BCUT2D eigenvalue weighted by atomic mass is 9.76. The maximum absolute atomic E-state index is 4.89. The molecule has 1 N–H and O–H groups in total. The predicted octanol–water partition coefficient (Wildman–Crippen LogP) is 3.73. The number of thiazole rings is 2. The van der Waals surface area contributed by atoms with Gasteiger partial charge in [-0.2, -0.15) is 0 Å². The fourth-order valence-electron chi connectivity index (χ4n) is 2.91. The first-order chi connectivity index (χ1) is 9.47. The van der Waals surface area contributed by atoms with Gasteiger partial charge in [-0.05, 0) is 32.2 Å². The summed E-state index contributed by atoms with van der Waals surface area (Å²) in [4.78, 5) is 10.9. The van der Waals surface area contributed by atoms with Crippen molar-refractivity contribution in [1.29, 1.82) is 0 Å². The molecule has 2 aromatic rings. The molecule has 1 aliphatic rings. The molecule has 0 spiro atoms. The number of aryl methyl sites for hydroxylation is 1. The molecule has 1 aliphatic carbocycles. The van der Waals surface area contributed by atoms with Crippen LogP contribution < -0.4 is 5.32 Å². The van der Waals surface area contributed by atoms with E-state index in [1.54, 1.807) is 11.3 Å². The van der Waals surface area contributed by atoms with Gasteiger partial charge in [-0.15, -0.1) is 22.7 Å². The van der Waals surface area contributed by atoms with Gasteiger partial charge < -0.3 is 5.32 Å². The van der Waals surface area contributed by atoms with Gasteiger partial charge in [0.1, 0.15) is 0 Å². The first-order valence-corrected chi connectivity index (χ1v) is 8.73. The third kappa shape index (κ3) is 2.80. The molecule has 1 atom stereocenters. The maximum Gasteiger partial charge on any atom is 0.0999 e. The Morgan fingerprint density at radius 2 is 2.15 bits per heavy atom. The molecule has 2 heterocycles. The first-order valence-electron chi connectivity index (χ1n) is 7.03. The highest BCUT2D eigenvalue weighted by Gasteiger charge is 2.34. The highest BCUT2D eigenvalue weighted by molar-refractivity contribution is 7.12. The fraction of sp³-hybridized carbons (Fsp3) is 0.600. The van der Waals surface area contributed by atoms with Crippen LogP contribution in [0.2, 0.25) is 0 Å². The van der Waals surface area contributed by atoms with E-state index in [2.05, 4.69) is 36.6 Å². The average Bonchev–Trinajstić information content (AvgIpc) is 2.93. The third-order valence-corrected chi connectivity index (χ3v) is 5.99. The Kier molecular flexibility index (Phi) is 3.69. The minimum atomic E-state index is 0.337. The molecule has 3 nitrogen and oxygen atoms in total. The van der Waals surface area contributed by atoms with Gasteiger partial charge in [0.15, 0.2) is 0 Å². The van der Waals surface area contributed by atoms with Crippen LogP contribution in [0.5, 0.6) is 0 Å². The van der Waals surface area contributed by atoms with E-state index in [-0.39, 0.29) is 0 Å². The second kappa shape index (κ2) is 5.20. The summed E-state index contributed by atoms with van der Waals surface area (Å²) in [7, 11) is 2.05. The van der Waals surface area contributed by atoms with Crippen LogP contribution in [0.3, 0.4) is 0 Å². The Hall–Kier alpha value is -0.780. The topological polar surface area (TPSA) is 37.8 Å². The summed E-state index contributed by atoms with van der Waals surface area (Å²) in [5.74, 6) is 0. The van der Waals surface area contributed by atoms with E-state index in [1.165, 1.54) is 27.0 Å². The molecular formula is C15H21N3S2. The van der Waals surface area contributed by atoms with Gasteiger partial charge in [0.25, 0.3) is 0 Å². The molecule has 0 saturated carbocycles. The van der Waals surface area contributed by atoms with Crippen LogP contribution in [0, 0.1) is 12.3 Å². The van der Waals surface area contributed by atoms with Crippen LogP contribution in [-0.4, -0.2) is 17.0 Å². The van der Waals surface area contributed by atoms with E-state index in [4.69, 9.17) is 4.98 Å². The van der Waals surface area contributed by atoms with Gasteiger partial charge in [0.2, 0.25) is 0 Å². The average molecular weight is 307 g/mol. The molecular weight excluding hydrogens is 286 g/mol. The lowest BCUT2D eigenvalue weighted by Crippen LogP contribution is -2.30. The molecule has 0 bridgehead atoms. The van der Waals surface area contributed by atoms with Gasteiger partial charge in [0, 0.05) is 22.0 Å². The van der Waals surface area contributed by atoms with Crippen molar-refractivity contribution < 1.29 is 0 Å². The molecule has 0 aromatic carbocycles. The molecule has 20 heavy (non-hydrogen) atoms. The minimum absolute atomic E-state index is 0.337. The quantitative estimate of drug-likeness (QED) is 0.939. The second-order valence-corrected chi connectivity index (χ2v) is 8.42. The van der Waals surface area contributed by atoms with E-state index in [0.717, 1.165) is 18.5 Å². The summed E-state index contributed by atoms with van der Waals surface area (Å²) in [6.45, 7) is 6.72. The second-order valence-electron chi connectivity index (χ2n) is 6.36. The SMILES string of the molecule is CNC1CC(C)(C)Cc2nc(Cc3nc(C)cs3)sc21. The molecule has 0 radical (unpaired) electrons. The van der Waals surface area contributed by atoms with Crippen LogP contribution in [0.4, 0.5) is 0 Å². The third-order valence-electron chi connectivity index (χ3n) is 3.81. The number of hydrogen-bond acceptors (Lipinski definition) is 5. The molecule has 0 saturated heterocycles. The molecule has 1 unspecified atom stereocenters. The molecule has 0 amide bonds. The maximum atomic E-state index is 4.89. The fourth-order valence-corrected chi connectivity index (χ4v) is 4.97. The zero-order chi connectivity index (χ0) is 14.3. The Morgan fingerprint density at radius 1 is 1.35 bits per heavy atom. The van der Waals surface area contributed by atoms with Crippen LogP contribution >= 0.6 is 22.7 Å². The van der Waals surface area contributed by atoms with Gasteiger partial charge >= 0.3 is 0 Å². The lowest BCUT2D eigenvalue weighted by molar-refractivity contribution is 0.265.